The second-order valence-corrected chi connectivity index (χ2v) is 7.20. The summed E-state index contributed by atoms with van der Waals surface area (Å²) in [4.78, 5) is 23.5. The van der Waals surface area contributed by atoms with E-state index in [-0.39, 0.29) is 5.91 Å². The van der Waals surface area contributed by atoms with E-state index in [0.29, 0.717) is 13.1 Å². The van der Waals surface area contributed by atoms with Crippen LogP contribution in [0.3, 0.4) is 0 Å². The molecule has 0 unspecified atom stereocenters. The first-order valence-electron chi connectivity index (χ1n) is 9.79. The van der Waals surface area contributed by atoms with Crippen molar-refractivity contribution in [3.8, 4) is 0 Å². The van der Waals surface area contributed by atoms with Gasteiger partial charge in [0.1, 0.15) is 12.4 Å². The van der Waals surface area contributed by atoms with Gasteiger partial charge in [0.05, 0.1) is 0 Å². The minimum atomic E-state index is 0.0995. The van der Waals surface area contributed by atoms with E-state index in [1.165, 1.54) is 5.56 Å². The predicted octanol–water partition coefficient (Wildman–Crippen LogP) is 4.26. The van der Waals surface area contributed by atoms with Crippen molar-refractivity contribution in [1.82, 2.24) is 14.5 Å². The van der Waals surface area contributed by atoms with Crippen LogP contribution in [0.25, 0.3) is 0 Å². The molecule has 3 aromatic rings. The van der Waals surface area contributed by atoms with Crippen LogP contribution >= 0.6 is 0 Å². The third-order valence-electron chi connectivity index (χ3n) is 5.09. The first kappa shape index (κ1) is 19.8. The molecule has 28 heavy (non-hydrogen) atoms. The Morgan fingerprint density at radius 3 is 2.36 bits per heavy atom. The number of benzene rings is 1. The van der Waals surface area contributed by atoms with E-state index in [1.54, 1.807) is 6.20 Å². The number of unbranched alkanes of at least 4 members (excludes halogenated alkanes) is 1. The maximum atomic E-state index is 13.2. The molecular weight excluding hydrogens is 348 g/mol. The highest BCUT2D eigenvalue weighted by Gasteiger charge is 2.20. The number of para-hydroxylation sites is 1. The van der Waals surface area contributed by atoms with Gasteiger partial charge in [0.25, 0.3) is 0 Å². The molecule has 0 aliphatic rings. The smallest absolute Gasteiger partial charge is 0.246 e. The fraction of sp³-hybridized carbons (Fsp3) is 0.348. The Hall–Kier alpha value is -2.95. The summed E-state index contributed by atoms with van der Waals surface area (Å²) < 4.78 is 1.90. The number of aryl methyl sites for hydroxylation is 4. The number of carbonyl (C=O) groups is 1. The Morgan fingerprint density at radius 2 is 1.71 bits per heavy atom. The summed E-state index contributed by atoms with van der Waals surface area (Å²) >= 11 is 0. The fourth-order valence-electron chi connectivity index (χ4n) is 3.54. The molecular formula is C23H28N4O. The Morgan fingerprint density at radius 1 is 1.00 bits per heavy atom. The number of amides is 1. The summed E-state index contributed by atoms with van der Waals surface area (Å²) in [7, 11) is 0. The summed E-state index contributed by atoms with van der Waals surface area (Å²) in [6.07, 6.45) is 10.2. The highest BCUT2D eigenvalue weighted by atomic mass is 16.2. The standard InChI is InChI=1S/C23H28N4O/c1-18-7-6-8-19(2)23(18)27(22(28)17-26-16-14-25-20(26)3)15-5-4-9-21-10-12-24-13-11-21/h6-8,10-14,16H,4-5,9,15,17H2,1-3H3. The van der Waals surface area contributed by atoms with Crippen molar-refractivity contribution >= 4 is 11.6 Å². The van der Waals surface area contributed by atoms with E-state index in [1.807, 2.05) is 41.0 Å². The number of anilines is 1. The molecule has 0 saturated heterocycles. The van der Waals surface area contributed by atoms with Crippen molar-refractivity contribution in [3.05, 3.63) is 77.6 Å². The maximum Gasteiger partial charge on any atom is 0.246 e. The summed E-state index contributed by atoms with van der Waals surface area (Å²) in [6.45, 7) is 7.09. The number of hydrogen-bond acceptors (Lipinski definition) is 3. The van der Waals surface area contributed by atoms with Crippen LogP contribution in [0.5, 0.6) is 0 Å². The van der Waals surface area contributed by atoms with Crippen molar-refractivity contribution < 1.29 is 4.79 Å². The number of imidazole rings is 1. The number of rotatable bonds is 8. The minimum Gasteiger partial charge on any atom is -0.326 e. The lowest BCUT2D eigenvalue weighted by atomic mass is 10.1. The van der Waals surface area contributed by atoms with E-state index in [2.05, 4.69) is 48.1 Å². The largest absolute Gasteiger partial charge is 0.326 e. The van der Waals surface area contributed by atoms with E-state index < -0.39 is 0 Å². The molecule has 5 nitrogen and oxygen atoms in total. The van der Waals surface area contributed by atoms with Crippen molar-refractivity contribution in [3.63, 3.8) is 0 Å². The van der Waals surface area contributed by atoms with E-state index in [0.717, 1.165) is 41.9 Å². The Bertz CT molecular complexity index is 897. The zero-order chi connectivity index (χ0) is 19.9. The molecule has 0 saturated carbocycles. The van der Waals surface area contributed by atoms with Gasteiger partial charge >= 0.3 is 0 Å². The summed E-state index contributed by atoms with van der Waals surface area (Å²) in [5.41, 5.74) is 4.58. The van der Waals surface area contributed by atoms with Gasteiger partial charge in [-0.3, -0.25) is 9.78 Å². The number of hydrogen-bond donors (Lipinski definition) is 0. The van der Waals surface area contributed by atoms with Crippen molar-refractivity contribution in [2.45, 2.75) is 46.6 Å². The zero-order valence-corrected chi connectivity index (χ0v) is 16.9. The normalized spacial score (nSPS) is 10.8. The van der Waals surface area contributed by atoms with Gasteiger partial charge < -0.3 is 9.47 Å². The van der Waals surface area contributed by atoms with Crippen LogP contribution < -0.4 is 4.90 Å². The number of aromatic nitrogens is 3. The third-order valence-corrected chi connectivity index (χ3v) is 5.09. The van der Waals surface area contributed by atoms with Gasteiger partial charge in [-0.15, -0.1) is 0 Å². The van der Waals surface area contributed by atoms with Gasteiger partial charge in [-0.1, -0.05) is 18.2 Å². The topological polar surface area (TPSA) is 51.0 Å². The van der Waals surface area contributed by atoms with Gasteiger partial charge in [-0.05, 0) is 68.9 Å². The number of pyridine rings is 1. The van der Waals surface area contributed by atoms with Gasteiger partial charge in [0.2, 0.25) is 5.91 Å². The van der Waals surface area contributed by atoms with Crippen LogP contribution in [-0.4, -0.2) is 27.0 Å². The molecule has 1 aromatic carbocycles. The van der Waals surface area contributed by atoms with Gasteiger partial charge in [0, 0.05) is 37.0 Å². The molecule has 0 atom stereocenters. The highest BCUT2D eigenvalue weighted by molar-refractivity contribution is 5.94. The van der Waals surface area contributed by atoms with E-state index in [4.69, 9.17) is 0 Å². The van der Waals surface area contributed by atoms with Crippen LogP contribution in [0, 0.1) is 20.8 Å². The molecule has 2 aromatic heterocycles. The maximum absolute atomic E-state index is 13.2. The molecule has 1 amide bonds. The molecule has 0 aliphatic heterocycles. The molecule has 3 rings (SSSR count). The molecule has 2 heterocycles. The second kappa shape index (κ2) is 9.31. The average Bonchev–Trinajstić information content (AvgIpc) is 3.08. The lowest BCUT2D eigenvalue weighted by Crippen LogP contribution is -2.36. The highest BCUT2D eigenvalue weighted by Crippen LogP contribution is 2.25. The van der Waals surface area contributed by atoms with Crippen LogP contribution in [0.15, 0.2) is 55.1 Å². The van der Waals surface area contributed by atoms with Crippen LogP contribution in [0.2, 0.25) is 0 Å². The fourth-order valence-corrected chi connectivity index (χ4v) is 3.54. The lowest BCUT2D eigenvalue weighted by molar-refractivity contribution is -0.119. The Labute approximate surface area is 167 Å². The van der Waals surface area contributed by atoms with E-state index in [9.17, 15) is 4.79 Å². The molecule has 0 aliphatic carbocycles. The minimum absolute atomic E-state index is 0.0995. The van der Waals surface area contributed by atoms with Gasteiger partial charge in [-0.25, -0.2) is 4.98 Å². The quantitative estimate of drug-likeness (QED) is 0.552. The number of nitrogens with zero attached hydrogens (tertiary/aromatic N) is 4. The molecule has 146 valence electrons. The zero-order valence-electron chi connectivity index (χ0n) is 16.9. The summed E-state index contributed by atoms with van der Waals surface area (Å²) in [5.74, 6) is 0.954. The SMILES string of the molecule is Cc1cccc(C)c1N(CCCCc1ccncc1)C(=O)Cn1ccnc1C. The molecule has 0 radical (unpaired) electrons. The second-order valence-electron chi connectivity index (χ2n) is 7.20. The number of carbonyl (C=O) groups excluding carboxylic acids is 1. The lowest BCUT2D eigenvalue weighted by Gasteiger charge is -2.27. The van der Waals surface area contributed by atoms with Gasteiger partial charge in [-0.2, -0.15) is 0 Å². The van der Waals surface area contributed by atoms with Gasteiger partial charge in [0.15, 0.2) is 0 Å². The third kappa shape index (κ3) is 4.85. The predicted molar refractivity (Wildman–Crippen MR) is 112 cm³/mol. The van der Waals surface area contributed by atoms with Crippen molar-refractivity contribution in [2.75, 3.05) is 11.4 Å². The first-order chi connectivity index (χ1) is 13.6. The van der Waals surface area contributed by atoms with Crippen LogP contribution in [-0.2, 0) is 17.8 Å². The van der Waals surface area contributed by atoms with Crippen LogP contribution in [0.4, 0.5) is 5.69 Å². The molecule has 0 fully saturated rings. The Kier molecular flexibility index (Phi) is 6.58. The monoisotopic (exact) mass is 376 g/mol. The summed E-state index contributed by atoms with van der Waals surface area (Å²) in [5, 5.41) is 0. The molecule has 5 heteroatoms. The first-order valence-corrected chi connectivity index (χ1v) is 9.79. The molecule has 0 spiro atoms. The molecule has 0 bridgehead atoms. The van der Waals surface area contributed by atoms with Crippen LogP contribution in [0.1, 0.15) is 35.4 Å². The van der Waals surface area contributed by atoms with Crippen molar-refractivity contribution in [1.29, 1.82) is 0 Å². The Balaban J connectivity index is 1.72. The van der Waals surface area contributed by atoms with E-state index >= 15 is 0 Å². The average molecular weight is 377 g/mol. The van der Waals surface area contributed by atoms with Crippen molar-refractivity contribution in [2.24, 2.45) is 0 Å². The summed E-state index contributed by atoms with van der Waals surface area (Å²) in [6, 6.07) is 10.3. The molecule has 0 N–H and O–H groups in total.